The van der Waals surface area contributed by atoms with Gasteiger partial charge in [-0.2, -0.15) is 0 Å². The third-order valence-corrected chi connectivity index (χ3v) is 5.65. The Morgan fingerprint density at radius 3 is 2.46 bits per heavy atom. The SMILES string of the molecule is Cc1ccc(NC(=O)COC(=O)c2ccc3c(c2)C(=O)N(Cc2ccc4c(c2)OCO4)C3=O)cc1. The maximum Gasteiger partial charge on any atom is 0.338 e. The molecule has 9 heteroatoms. The molecule has 5 rings (SSSR count). The number of ether oxygens (including phenoxy) is 3. The van der Waals surface area contributed by atoms with E-state index in [4.69, 9.17) is 14.2 Å². The van der Waals surface area contributed by atoms with Crippen molar-refractivity contribution in [3.8, 4) is 11.5 Å². The first kappa shape index (κ1) is 22.1. The number of nitrogens with zero attached hydrogens (tertiary/aromatic N) is 1. The summed E-state index contributed by atoms with van der Waals surface area (Å²) < 4.78 is 15.7. The topological polar surface area (TPSA) is 111 Å². The fourth-order valence-electron chi connectivity index (χ4n) is 3.83. The van der Waals surface area contributed by atoms with E-state index < -0.39 is 30.3 Å². The Morgan fingerprint density at radius 2 is 1.66 bits per heavy atom. The number of hydrogen-bond acceptors (Lipinski definition) is 7. The van der Waals surface area contributed by atoms with E-state index in [9.17, 15) is 19.2 Å². The number of anilines is 1. The minimum atomic E-state index is -0.777. The Labute approximate surface area is 200 Å². The van der Waals surface area contributed by atoms with Gasteiger partial charge < -0.3 is 19.5 Å². The Hall–Kier alpha value is -4.66. The Kier molecular flexibility index (Phi) is 5.66. The molecule has 0 fully saturated rings. The van der Waals surface area contributed by atoms with E-state index in [2.05, 4.69) is 5.32 Å². The van der Waals surface area contributed by atoms with Crippen molar-refractivity contribution in [2.75, 3.05) is 18.7 Å². The van der Waals surface area contributed by atoms with Crippen molar-refractivity contribution in [2.45, 2.75) is 13.5 Å². The van der Waals surface area contributed by atoms with Crippen molar-refractivity contribution in [1.29, 1.82) is 0 Å². The second-order valence-corrected chi connectivity index (χ2v) is 8.13. The first-order valence-electron chi connectivity index (χ1n) is 10.8. The van der Waals surface area contributed by atoms with Crippen LogP contribution in [0.25, 0.3) is 0 Å². The molecule has 176 valence electrons. The molecule has 2 aliphatic rings. The monoisotopic (exact) mass is 472 g/mol. The molecular weight excluding hydrogens is 452 g/mol. The number of carbonyl (C=O) groups excluding carboxylic acids is 4. The number of amides is 3. The van der Waals surface area contributed by atoms with Gasteiger partial charge in [-0.3, -0.25) is 19.3 Å². The van der Waals surface area contributed by atoms with Gasteiger partial charge in [0, 0.05) is 5.69 Å². The number of rotatable bonds is 6. The zero-order chi connectivity index (χ0) is 24.5. The van der Waals surface area contributed by atoms with E-state index >= 15 is 0 Å². The number of imide groups is 1. The maximum absolute atomic E-state index is 12.9. The fourth-order valence-corrected chi connectivity index (χ4v) is 3.83. The van der Waals surface area contributed by atoms with Crippen LogP contribution in [0, 0.1) is 6.92 Å². The van der Waals surface area contributed by atoms with Crippen molar-refractivity contribution >= 4 is 29.4 Å². The first-order chi connectivity index (χ1) is 16.9. The van der Waals surface area contributed by atoms with E-state index in [-0.39, 0.29) is 30.0 Å². The lowest BCUT2D eigenvalue weighted by atomic mass is 10.1. The molecule has 0 spiro atoms. The minimum absolute atomic E-state index is 0.0436. The van der Waals surface area contributed by atoms with Gasteiger partial charge >= 0.3 is 5.97 Å². The van der Waals surface area contributed by atoms with Gasteiger partial charge in [-0.1, -0.05) is 23.8 Å². The summed E-state index contributed by atoms with van der Waals surface area (Å²) in [6.07, 6.45) is 0. The number of benzene rings is 3. The van der Waals surface area contributed by atoms with Gasteiger partial charge in [0.05, 0.1) is 23.2 Å². The lowest BCUT2D eigenvalue weighted by molar-refractivity contribution is -0.119. The van der Waals surface area contributed by atoms with Crippen LogP contribution in [0.1, 0.15) is 42.2 Å². The third-order valence-electron chi connectivity index (χ3n) is 5.65. The molecule has 0 unspecified atom stereocenters. The van der Waals surface area contributed by atoms with Gasteiger partial charge in [-0.05, 0) is 55.0 Å². The molecule has 0 aliphatic carbocycles. The highest BCUT2D eigenvalue weighted by molar-refractivity contribution is 6.21. The molecule has 0 aromatic heterocycles. The molecule has 9 nitrogen and oxygen atoms in total. The van der Waals surface area contributed by atoms with Crippen LogP contribution >= 0.6 is 0 Å². The number of fused-ring (bicyclic) bond motifs is 2. The summed E-state index contributed by atoms with van der Waals surface area (Å²) in [5, 5.41) is 2.64. The molecule has 0 saturated heterocycles. The zero-order valence-electron chi connectivity index (χ0n) is 18.7. The molecule has 3 aromatic rings. The van der Waals surface area contributed by atoms with Gasteiger partial charge in [0.25, 0.3) is 17.7 Å². The fraction of sp³-hybridized carbons (Fsp3) is 0.154. The van der Waals surface area contributed by atoms with Gasteiger partial charge in [0.15, 0.2) is 18.1 Å². The lowest BCUT2D eigenvalue weighted by Gasteiger charge is -2.14. The normalized spacial score (nSPS) is 13.6. The standard InChI is InChI=1S/C26H20N2O7/c1-15-2-6-18(7-3-15)27-23(29)13-33-26(32)17-5-8-19-20(11-17)25(31)28(24(19)30)12-16-4-9-21-22(10-16)35-14-34-21/h2-11H,12-14H2,1H3,(H,27,29). The Morgan fingerprint density at radius 1 is 0.914 bits per heavy atom. The van der Waals surface area contributed by atoms with Gasteiger partial charge in [0.1, 0.15) is 0 Å². The van der Waals surface area contributed by atoms with Crippen LogP contribution in [0.4, 0.5) is 5.69 Å². The smallest absolute Gasteiger partial charge is 0.338 e. The molecule has 3 aromatic carbocycles. The molecule has 0 bridgehead atoms. The summed E-state index contributed by atoms with van der Waals surface area (Å²) >= 11 is 0. The molecular formula is C26H20N2O7. The second kappa shape index (κ2) is 8.94. The van der Waals surface area contributed by atoms with Crippen molar-refractivity contribution in [3.63, 3.8) is 0 Å². The van der Waals surface area contributed by atoms with Crippen LogP contribution in [0.15, 0.2) is 60.7 Å². The van der Waals surface area contributed by atoms with Gasteiger partial charge in [-0.25, -0.2) is 4.79 Å². The Balaban J connectivity index is 1.23. The van der Waals surface area contributed by atoms with Crippen molar-refractivity contribution in [3.05, 3.63) is 88.5 Å². The molecule has 3 amide bonds. The third kappa shape index (κ3) is 4.43. The Bertz CT molecular complexity index is 1360. The molecule has 1 N–H and O–H groups in total. The maximum atomic E-state index is 12.9. The quantitative estimate of drug-likeness (QED) is 0.433. The molecule has 2 heterocycles. The van der Waals surface area contributed by atoms with E-state index in [0.29, 0.717) is 22.7 Å². The average molecular weight is 472 g/mol. The number of carbonyl (C=O) groups is 4. The summed E-state index contributed by atoms with van der Waals surface area (Å²) in [5.74, 6) is -1.09. The van der Waals surface area contributed by atoms with Gasteiger partial charge in [0.2, 0.25) is 6.79 Å². The lowest BCUT2D eigenvalue weighted by Crippen LogP contribution is -2.29. The van der Waals surface area contributed by atoms with E-state index in [0.717, 1.165) is 10.5 Å². The van der Waals surface area contributed by atoms with Crippen LogP contribution in [0.2, 0.25) is 0 Å². The summed E-state index contributed by atoms with van der Waals surface area (Å²) in [6, 6.07) is 16.5. The summed E-state index contributed by atoms with van der Waals surface area (Å²) in [5.41, 5.74) is 2.70. The zero-order valence-corrected chi connectivity index (χ0v) is 18.7. The highest BCUT2D eigenvalue weighted by Gasteiger charge is 2.36. The number of aryl methyl sites for hydroxylation is 1. The second-order valence-electron chi connectivity index (χ2n) is 8.13. The van der Waals surface area contributed by atoms with Gasteiger partial charge in [-0.15, -0.1) is 0 Å². The number of hydrogen-bond donors (Lipinski definition) is 1. The minimum Gasteiger partial charge on any atom is -0.454 e. The predicted molar refractivity (Wildman–Crippen MR) is 123 cm³/mol. The van der Waals surface area contributed by atoms with E-state index in [1.54, 1.807) is 30.3 Å². The predicted octanol–water partition coefficient (Wildman–Crippen LogP) is 3.32. The highest BCUT2D eigenvalue weighted by atomic mass is 16.7. The summed E-state index contributed by atoms with van der Waals surface area (Å²) in [6.45, 7) is 1.60. The largest absolute Gasteiger partial charge is 0.454 e. The molecule has 0 atom stereocenters. The van der Waals surface area contributed by atoms with Crippen molar-refractivity contribution < 1.29 is 33.4 Å². The van der Waals surface area contributed by atoms with Crippen LogP contribution in [-0.4, -0.2) is 42.0 Å². The molecule has 35 heavy (non-hydrogen) atoms. The number of esters is 1. The number of nitrogens with one attached hydrogen (secondary N) is 1. The molecule has 0 radical (unpaired) electrons. The van der Waals surface area contributed by atoms with Crippen molar-refractivity contribution in [2.24, 2.45) is 0 Å². The van der Waals surface area contributed by atoms with Crippen molar-refractivity contribution in [1.82, 2.24) is 4.90 Å². The van der Waals surface area contributed by atoms with Crippen LogP contribution < -0.4 is 14.8 Å². The van der Waals surface area contributed by atoms with E-state index in [1.807, 2.05) is 19.1 Å². The van der Waals surface area contributed by atoms with Crippen LogP contribution in [0.3, 0.4) is 0 Å². The first-order valence-corrected chi connectivity index (χ1v) is 10.8. The van der Waals surface area contributed by atoms with E-state index in [1.165, 1.54) is 18.2 Å². The molecule has 0 saturated carbocycles. The summed E-state index contributed by atoms with van der Waals surface area (Å²) in [4.78, 5) is 51.4. The van der Waals surface area contributed by atoms with Crippen LogP contribution in [0.5, 0.6) is 11.5 Å². The highest BCUT2D eigenvalue weighted by Crippen LogP contribution is 2.34. The summed E-state index contributed by atoms with van der Waals surface area (Å²) in [7, 11) is 0. The van der Waals surface area contributed by atoms with Crippen LogP contribution in [-0.2, 0) is 16.1 Å². The average Bonchev–Trinajstić information content (AvgIpc) is 3.42. The molecule has 2 aliphatic heterocycles.